The standard InChI is InChI=1S/C16H16N2O2/c1-2-18-16(20)14-5-3-4-13(10-14)11-6-8-12(9-7-11)15(17)19/h3-10H,2H2,1H3,(H2,17,19)(H,18,20). The summed E-state index contributed by atoms with van der Waals surface area (Å²) in [4.78, 5) is 22.8. The molecule has 0 saturated carbocycles. The second-order valence-corrected chi connectivity index (χ2v) is 4.38. The van der Waals surface area contributed by atoms with E-state index in [9.17, 15) is 9.59 Å². The van der Waals surface area contributed by atoms with Crippen LogP contribution in [-0.2, 0) is 0 Å². The van der Waals surface area contributed by atoms with Gasteiger partial charge in [-0.1, -0.05) is 24.3 Å². The monoisotopic (exact) mass is 268 g/mol. The highest BCUT2D eigenvalue weighted by Crippen LogP contribution is 2.21. The van der Waals surface area contributed by atoms with Gasteiger partial charge < -0.3 is 11.1 Å². The molecule has 0 atom stereocenters. The number of primary amides is 1. The fraction of sp³-hybridized carbons (Fsp3) is 0.125. The van der Waals surface area contributed by atoms with Crippen LogP contribution in [0.3, 0.4) is 0 Å². The quantitative estimate of drug-likeness (QED) is 0.892. The Morgan fingerprint density at radius 1 is 1.00 bits per heavy atom. The van der Waals surface area contributed by atoms with Gasteiger partial charge in [-0.05, 0) is 42.3 Å². The van der Waals surface area contributed by atoms with Gasteiger partial charge in [0.15, 0.2) is 0 Å². The molecule has 2 rings (SSSR count). The van der Waals surface area contributed by atoms with Gasteiger partial charge in [0, 0.05) is 17.7 Å². The molecule has 0 bridgehead atoms. The molecule has 0 saturated heterocycles. The Kier molecular flexibility index (Phi) is 4.15. The topological polar surface area (TPSA) is 72.2 Å². The Morgan fingerprint density at radius 3 is 2.30 bits per heavy atom. The Labute approximate surface area is 117 Å². The van der Waals surface area contributed by atoms with Crippen LogP contribution in [0.25, 0.3) is 11.1 Å². The zero-order valence-corrected chi connectivity index (χ0v) is 11.2. The zero-order chi connectivity index (χ0) is 14.5. The first-order chi connectivity index (χ1) is 9.61. The Morgan fingerprint density at radius 2 is 1.70 bits per heavy atom. The van der Waals surface area contributed by atoms with Gasteiger partial charge in [0.1, 0.15) is 0 Å². The largest absolute Gasteiger partial charge is 0.366 e. The van der Waals surface area contributed by atoms with Gasteiger partial charge in [-0.25, -0.2) is 0 Å². The lowest BCUT2D eigenvalue weighted by Crippen LogP contribution is -2.22. The number of carbonyl (C=O) groups is 2. The van der Waals surface area contributed by atoms with Crippen LogP contribution in [0, 0.1) is 0 Å². The summed E-state index contributed by atoms with van der Waals surface area (Å²) < 4.78 is 0. The lowest BCUT2D eigenvalue weighted by molar-refractivity contribution is 0.0954. The number of hydrogen-bond acceptors (Lipinski definition) is 2. The third-order valence-corrected chi connectivity index (χ3v) is 2.96. The Balaban J connectivity index is 2.31. The van der Waals surface area contributed by atoms with E-state index in [1.807, 2.05) is 37.3 Å². The fourth-order valence-electron chi connectivity index (χ4n) is 1.93. The smallest absolute Gasteiger partial charge is 0.251 e. The highest BCUT2D eigenvalue weighted by molar-refractivity contribution is 5.96. The first kappa shape index (κ1) is 13.8. The van der Waals surface area contributed by atoms with Gasteiger partial charge in [-0.15, -0.1) is 0 Å². The number of rotatable bonds is 4. The summed E-state index contributed by atoms with van der Waals surface area (Å²) in [7, 11) is 0. The maximum absolute atomic E-state index is 11.8. The van der Waals surface area contributed by atoms with Crippen molar-refractivity contribution in [3.8, 4) is 11.1 Å². The molecule has 0 aliphatic carbocycles. The normalized spacial score (nSPS) is 10.1. The molecule has 2 amide bonds. The highest BCUT2D eigenvalue weighted by Gasteiger charge is 2.06. The SMILES string of the molecule is CCNC(=O)c1cccc(-c2ccc(C(N)=O)cc2)c1. The molecule has 102 valence electrons. The molecule has 0 fully saturated rings. The van der Waals surface area contributed by atoms with E-state index >= 15 is 0 Å². The second-order valence-electron chi connectivity index (χ2n) is 4.38. The molecule has 0 aliphatic heterocycles. The maximum Gasteiger partial charge on any atom is 0.251 e. The van der Waals surface area contributed by atoms with E-state index in [0.717, 1.165) is 11.1 Å². The van der Waals surface area contributed by atoms with Gasteiger partial charge in [0.2, 0.25) is 5.91 Å². The van der Waals surface area contributed by atoms with Crippen LogP contribution in [0.5, 0.6) is 0 Å². The third-order valence-electron chi connectivity index (χ3n) is 2.96. The van der Waals surface area contributed by atoms with Crippen LogP contribution in [0.2, 0.25) is 0 Å². The summed E-state index contributed by atoms with van der Waals surface area (Å²) in [5, 5.41) is 2.76. The van der Waals surface area contributed by atoms with Gasteiger partial charge >= 0.3 is 0 Å². The summed E-state index contributed by atoms with van der Waals surface area (Å²) in [6.45, 7) is 2.47. The average Bonchev–Trinajstić information content (AvgIpc) is 2.48. The minimum Gasteiger partial charge on any atom is -0.366 e. The van der Waals surface area contributed by atoms with Crippen molar-refractivity contribution < 1.29 is 9.59 Å². The number of nitrogens with one attached hydrogen (secondary N) is 1. The Hall–Kier alpha value is -2.62. The summed E-state index contributed by atoms with van der Waals surface area (Å²) in [5.74, 6) is -0.546. The van der Waals surface area contributed by atoms with Crippen LogP contribution >= 0.6 is 0 Å². The zero-order valence-electron chi connectivity index (χ0n) is 11.2. The van der Waals surface area contributed by atoms with E-state index in [1.165, 1.54) is 0 Å². The van der Waals surface area contributed by atoms with Crippen molar-refractivity contribution in [2.45, 2.75) is 6.92 Å². The molecule has 20 heavy (non-hydrogen) atoms. The summed E-state index contributed by atoms with van der Waals surface area (Å²) in [6.07, 6.45) is 0. The molecule has 0 spiro atoms. The van der Waals surface area contributed by atoms with Gasteiger partial charge in [-0.2, -0.15) is 0 Å². The molecule has 2 aromatic rings. The van der Waals surface area contributed by atoms with Crippen molar-refractivity contribution in [3.05, 3.63) is 59.7 Å². The predicted octanol–water partition coefficient (Wildman–Crippen LogP) is 2.20. The van der Waals surface area contributed by atoms with Crippen LogP contribution in [-0.4, -0.2) is 18.4 Å². The predicted molar refractivity (Wildman–Crippen MR) is 78.4 cm³/mol. The van der Waals surface area contributed by atoms with Crippen LogP contribution < -0.4 is 11.1 Å². The molecule has 0 heterocycles. The van der Waals surface area contributed by atoms with E-state index in [1.54, 1.807) is 18.2 Å². The molecular weight excluding hydrogens is 252 g/mol. The molecule has 2 aromatic carbocycles. The van der Waals surface area contributed by atoms with Crippen molar-refractivity contribution in [2.24, 2.45) is 5.73 Å². The van der Waals surface area contributed by atoms with Crippen LogP contribution in [0.4, 0.5) is 0 Å². The Bertz CT molecular complexity index is 633. The number of benzene rings is 2. The molecule has 0 aliphatic rings. The maximum atomic E-state index is 11.8. The minimum atomic E-state index is -0.451. The van der Waals surface area contributed by atoms with Crippen LogP contribution in [0.15, 0.2) is 48.5 Å². The van der Waals surface area contributed by atoms with E-state index in [-0.39, 0.29) is 5.91 Å². The third kappa shape index (κ3) is 3.03. The number of amides is 2. The van der Waals surface area contributed by atoms with Gasteiger partial charge in [-0.3, -0.25) is 9.59 Å². The average molecular weight is 268 g/mol. The van der Waals surface area contributed by atoms with Crippen molar-refractivity contribution in [2.75, 3.05) is 6.54 Å². The number of carbonyl (C=O) groups excluding carboxylic acids is 2. The van der Waals surface area contributed by atoms with E-state index < -0.39 is 5.91 Å². The molecule has 0 radical (unpaired) electrons. The summed E-state index contributed by atoms with van der Waals surface area (Å²) >= 11 is 0. The lowest BCUT2D eigenvalue weighted by Gasteiger charge is -2.06. The highest BCUT2D eigenvalue weighted by atomic mass is 16.2. The van der Waals surface area contributed by atoms with Gasteiger partial charge in [0.05, 0.1) is 0 Å². The van der Waals surface area contributed by atoms with Crippen molar-refractivity contribution >= 4 is 11.8 Å². The first-order valence-corrected chi connectivity index (χ1v) is 6.40. The first-order valence-electron chi connectivity index (χ1n) is 6.40. The number of hydrogen-bond donors (Lipinski definition) is 2. The van der Waals surface area contributed by atoms with Crippen LogP contribution in [0.1, 0.15) is 27.6 Å². The minimum absolute atomic E-state index is 0.0943. The summed E-state index contributed by atoms with van der Waals surface area (Å²) in [5.41, 5.74) is 8.14. The molecular formula is C16H16N2O2. The number of nitrogens with two attached hydrogens (primary N) is 1. The lowest BCUT2D eigenvalue weighted by atomic mass is 10.0. The fourth-order valence-corrected chi connectivity index (χ4v) is 1.93. The van der Waals surface area contributed by atoms with Crippen molar-refractivity contribution in [1.82, 2.24) is 5.32 Å². The van der Waals surface area contributed by atoms with E-state index in [2.05, 4.69) is 5.32 Å². The molecule has 0 unspecified atom stereocenters. The molecule has 3 N–H and O–H groups in total. The van der Waals surface area contributed by atoms with Gasteiger partial charge in [0.25, 0.3) is 5.91 Å². The van der Waals surface area contributed by atoms with Crippen molar-refractivity contribution in [1.29, 1.82) is 0 Å². The van der Waals surface area contributed by atoms with E-state index in [0.29, 0.717) is 17.7 Å². The second kappa shape index (κ2) is 6.02. The van der Waals surface area contributed by atoms with Crippen molar-refractivity contribution in [3.63, 3.8) is 0 Å². The van der Waals surface area contributed by atoms with E-state index in [4.69, 9.17) is 5.73 Å². The summed E-state index contributed by atoms with van der Waals surface area (Å²) in [6, 6.07) is 14.3. The molecule has 4 heteroatoms. The molecule has 0 aromatic heterocycles. The molecule has 4 nitrogen and oxygen atoms in total.